The number of methoxy groups -OCH3 is 3. The molecule has 0 saturated carbocycles. The third kappa shape index (κ3) is 10.8. The van der Waals surface area contributed by atoms with E-state index in [1.807, 2.05) is 0 Å². The van der Waals surface area contributed by atoms with Crippen molar-refractivity contribution < 1.29 is 38.5 Å². The Bertz CT molecular complexity index is 560. The normalized spacial score (nSPS) is 13.7. The number of rotatable bonds is 18. The van der Waals surface area contributed by atoms with E-state index in [9.17, 15) is 24.3 Å². The van der Waals surface area contributed by atoms with Crippen LogP contribution < -0.4 is 0 Å². The first-order valence-corrected chi connectivity index (χ1v) is 11.3. The van der Waals surface area contributed by atoms with Crippen LogP contribution in [0.3, 0.4) is 0 Å². The first kappa shape index (κ1) is 29.0. The van der Waals surface area contributed by atoms with Crippen molar-refractivity contribution in [3.63, 3.8) is 0 Å². The summed E-state index contributed by atoms with van der Waals surface area (Å²) in [5.41, 5.74) is -2.68. The highest BCUT2D eigenvalue weighted by Crippen LogP contribution is 2.28. The van der Waals surface area contributed by atoms with Crippen molar-refractivity contribution in [3.05, 3.63) is 0 Å². The van der Waals surface area contributed by atoms with Gasteiger partial charge in [0.25, 0.3) is 0 Å². The molecule has 8 nitrogen and oxygen atoms in total. The summed E-state index contributed by atoms with van der Waals surface area (Å²) in [5, 5.41) is 10.8. The second-order valence-corrected chi connectivity index (χ2v) is 7.88. The number of unbranched alkanes of at least 4 members (excludes halogenated alkanes) is 10. The molecule has 0 heterocycles. The van der Waals surface area contributed by atoms with Gasteiger partial charge in [0, 0.05) is 6.42 Å². The molecule has 31 heavy (non-hydrogen) atoms. The predicted molar refractivity (Wildman–Crippen MR) is 115 cm³/mol. The molecule has 0 rings (SSSR count). The van der Waals surface area contributed by atoms with Crippen molar-refractivity contribution in [3.8, 4) is 0 Å². The number of hydrogen-bond acceptors (Lipinski definition) is 8. The average Bonchev–Trinajstić information content (AvgIpc) is 2.76. The lowest BCUT2D eigenvalue weighted by Gasteiger charge is -2.30. The molecule has 2 unspecified atom stereocenters. The second kappa shape index (κ2) is 16.7. The maximum Gasteiger partial charge on any atom is 0.339 e. The predicted octanol–water partition coefficient (Wildman–Crippen LogP) is 3.51. The van der Waals surface area contributed by atoms with Crippen LogP contribution in [-0.2, 0) is 33.4 Å². The summed E-state index contributed by atoms with van der Waals surface area (Å²) < 4.78 is 13.6. The highest BCUT2D eigenvalue weighted by Gasteiger charge is 2.54. The topological polar surface area (TPSA) is 116 Å². The molecule has 8 heteroatoms. The van der Waals surface area contributed by atoms with Crippen LogP contribution in [-0.4, -0.2) is 55.7 Å². The van der Waals surface area contributed by atoms with Crippen LogP contribution in [0.1, 0.15) is 90.4 Å². The monoisotopic (exact) mass is 444 g/mol. The van der Waals surface area contributed by atoms with Crippen LogP contribution in [0.2, 0.25) is 0 Å². The first-order valence-electron chi connectivity index (χ1n) is 11.3. The molecule has 0 aromatic carbocycles. The Morgan fingerprint density at radius 1 is 0.742 bits per heavy atom. The number of esters is 3. The van der Waals surface area contributed by atoms with Crippen molar-refractivity contribution >= 4 is 23.7 Å². The molecule has 0 saturated heterocycles. The molecule has 0 aliphatic rings. The van der Waals surface area contributed by atoms with Crippen LogP contribution in [0.25, 0.3) is 0 Å². The highest BCUT2D eigenvalue weighted by atomic mass is 16.6. The van der Waals surface area contributed by atoms with Gasteiger partial charge in [-0.3, -0.25) is 14.4 Å². The van der Waals surface area contributed by atoms with E-state index >= 15 is 0 Å². The zero-order chi connectivity index (χ0) is 23.7. The number of ketones is 1. The Morgan fingerprint density at radius 3 is 1.65 bits per heavy atom. The van der Waals surface area contributed by atoms with Crippen LogP contribution in [0, 0.1) is 5.92 Å². The molecular formula is C23H40O8. The zero-order valence-corrected chi connectivity index (χ0v) is 19.6. The standard InChI is InChI=1S/C23H40O8/c1-5-6-7-8-9-10-11-12-13-14-15-16-18(24)20(21(26)30-3)23(28,22(27)31-4)17-19(25)29-2/h20,28H,5-17H2,1-4H3. The quantitative estimate of drug-likeness (QED) is 0.148. The van der Waals surface area contributed by atoms with Crippen LogP contribution >= 0.6 is 0 Å². The van der Waals surface area contributed by atoms with E-state index in [0.717, 1.165) is 47.0 Å². The SMILES string of the molecule is CCCCCCCCCCCCCC(=O)C(C(=O)OC)C(O)(CC(=O)OC)C(=O)OC. The number of carbonyl (C=O) groups excluding carboxylic acids is 4. The third-order valence-corrected chi connectivity index (χ3v) is 5.44. The Labute approximate surface area is 186 Å². The van der Waals surface area contributed by atoms with Crippen molar-refractivity contribution in [2.24, 2.45) is 5.92 Å². The third-order valence-electron chi connectivity index (χ3n) is 5.44. The fourth-order valence-corrected chi connectivity index (χ4v) is 3.58. The molecule has 1 N–H and O–H groups in total. The molecule has 0 bridgehead atoms. The lowest BCUT2D eigenvalue weighted by molar-refractivity contribution is -0.184. The van der Waals surface area contributed by atoms with Gasteiger partial charge in [-0.25, -0.2) is 4.79 Å². The van der Waals surface area contributed by atoms with E-state index in [0.29, 0.717) is 6.42 Å². The first-order chi connectivity index (χ1) is 14.8. The molecule has 0 aliphatic carbocycles. The Kier molecular flexibility index (Phi) is 15.6. The van der Waals surface area contributed by atoms with Crippen molar-refractivity contribution in [2.75, 3.05) is 21.3 Å². The van der Waals surface area contributed by atoms with Gasteiger partial charge in [-0.05, 0) is 6.42 Å². The average molecular weight is 445 g/mol. The summed E-state index contributed by atoms with van der Waals surface area (Å²) in [4.78, 5) is 48.8. The van der Waals surface area contributed by atoms with Crippen LogP contribution in [0.5, 0.6) is 0 Å². The maximum atomic E-state index is 12.7. The molecule has 0 aromatic heterocycles. The summed E-state index contributed by atoms with van der Waals surface area (Å²) in [6.45, 7) is 2.20. The maximum absolute atomic E-state index is 12.7. The van der Waals surface area contributed by atoms with Crippen LogP contribution in [0.15, 0.2) is 0 Å². The van der Waals surface area contributed by atoms with E-state index < -0.39 is 41.6 Å². The van der Waals surface area contributed by atoms with Gasteiger partial charge < -0.3 is 19.3 Å². The minimum atomic E-state index is -2.68. The fraction of sp³-hybridized carbons (Fsp3) is 0.826. The van der Waals surface area contributed by atoms with Crippen molar-refractivity contribution in [1.29, 1.82) is 0 Å². The minimum Gasteiger partial charge on any atom is -0.469 e. The number of aliphatic hydroxyl groups is 1. The van der Waals surface area contributed by atoms with Crippen molar-refractivity contribution in [1.82, 2.24) is 0 Å². The lowest BCUT2D eigenvalue weighted by Crippen LogP contribution is -2.54. The number of carbonyl (C=O) groups is 4. The van der Waals surface area contributed by atoms with Crippen molar-refractivity contribution in [2.45, 2.75) is 96.0 Å². The minimum absolute atomic E-state index is 0.0166. The van der Waals surface area contributed by atoms with E-state index in [-0.39, 0.29) is 6.42 Å². The summed E-state index contributed by atoms with van der Waals surface area (Å²) >= 11 is 0. The van der Waals surface area contributed by atoms with Gasteiger partial charge in [0.1, 0.15) is 0 Å². The molecule has 0 aromatic rings. The van der Waals surface area contributed by atoms with Gasteiger partial charge in [-0.15, -0.1) is 0 Å². The summed E-state index contributed by atoms with van der Waals surface area (Å²) in [5.74, 6) is -5.83. The van der Waals surface area contributed by atoms with E-state index in [1.165, 1.54) is 38.5 Å². The molecule has 0 radical (unpaired) electrons. The van der Waals surface area contributed by atoms with E-state index in [1.54, 1.807) is 0 Å². The zero-order valence-electron chi connectivity index (χ0n) is 19.6. The van der Waals surface area contributed by atoms with Gasteiger partial charge >= 0.3 is 17.9 Å². The molecule has 0 fully saturated rings. The van der Waals surface area contributed by atoms with Gasteiger partial charge in [0.05, 0.1) is 27.8 Å². The van der Waals surface area contributed by atoms with E-state index in [4.69, 9.17) is 0 Å². The summed E-state index contributed by atoms with van der Waals surface area (Å²) in [6, 6.07) is 0. The van der Waals surface area contributed by atoms with Gasteiger partial charge in [-0.1, -0.05) is 71.1 Å². The van der Waals surface area contributed by atoms with Gasteiger partial charge in [0.2, 0.25) is 0 Å². The molecular weight excluding hydrogens is 404 g/mol. The number of Topliss-reactive ketones (excluding diaryl/α,β-unsaturated/α-hetero) is 1. The Morgan fingerprint density at radius 2 is 1.23 bits per heavy atom. The Hall–Kier alpha value is -1.96. The summed E-state index contributed by atoms with van der Waals surface area (Å²) in [7, 11) is 3.11. The molecule has 0 spiro atoms. The molecule has 0 aliphatic heterocycles. The lowest BCUT2D eigenvalue weighted by atomic mass is 9.80. The largest absolute Gasteiger partial charge is 0.469 e. The summed E-state index contributed by atoms with van der Waals surface area (Å²) in [6.07, 6.45) is 11.2. The highest BCUT2D eigenvalue weighted by molar-refractivity contribution is 6.06. The fourth-order valence-electron chi connectivity index (χ4n) is 3.58. The van der Waals surface area contributed by atoms with E-state index in [2.05, 4.69) is 21.1 Å². The smallest absolute Gasteiger partial charge is 0.339 e. The van der Waals surface area contributed by atoms with Crippen LogP contribution in [0.4, 0.5) is 0 Å². The van der Waals surface area contributed by atoms with Gasteiger partial charge in [-0.2, -0.15) is 0 Å². The Balaban J connectivity index is 4.67. The number of ether oxygens (including phenoxy) is 3. The van der Waals surface area contributed by atoms with Gasteiger partial charge in [0.15, 0.2) is 17.3 Å². The second-order valence-electron chi connectivity index (χ2n) is 7.88. The molecule has 0 amide bonds. The molecule has 2 atom stereocenters. The molecule has 180 valence electrons. The number of hydrogen-bond donors (Lipinski definition) is 1.